The van der Waals surface area contributed by atoms with E-state index in [0.717, 1.165) is 22.0 Å². The first-order valence-corrected chi connectivity index (χ1v) is 17.3. The van der Waals surface area contributed by atoms with Crippen LogP contribution in [0.25, 0.3) is 110 Å². The van der Waals surface area contributed by atoms with Crippen LogP contribution >= 0.6 is 0 Å². The Hall–Kier alpha value is -6.57. The number of benzene rings is 9. The van der Waals surface area contributed by atoms with E-state index in [2.05, 4.69) is 170 Å². The van der Waals surface area contributed by atoms with E-state index >= 15 is 0 Å². The van der Waals surface area contributed by atoms with Gasteiger partial charge in [0.05, 0.1) is 5.52 Å². The highest BCUT2D eigenvalue weighted by atomic mass is 14.6. The molecule has 0 spiro atoms. The smallest absolute Gasteiger partial charge is 0.0702 e. The quantitative estimate of drug-likeness (QED) is 0.177. The highest BCUT2D eigenvalue weighted by Gasteiger charge is 2.25. The van der Waals surface area contributed by atoms with Crippen LogP contribution < -0.4 is 0 Å². The van der Waals surface area contributed by atoms with E-state index in [0.29, 0.717) is 0 Å². The molecule has 0 saturated carbocycles. The second kappa shape index (κ2) is 10.5. The molecule has 0 N–H and O–H groups in total. The number of nitrogens with zero attached hydrogens (tertiary/aromatic N) is 1. The summed E-state index contributed by atoms with van der Waals surface area (Å²) in [7, 11) is 0. The molecular formula is C49H29N. The molecule has 50 heavy (non-hydrogen) atoms. The first-order chi connectivity index (χ1) is 24.7. The normalized spacial score (nSPS) is 12.0. The van der Waals surface area contributed by atoms with E-state index in [4.69, 9.17) is 4.98 Å². The molecule has 0 aliphatic heterocycles. The molecule has 0 saturated heterocycles. The molecule has 0 bridgehead atoms. The molecule has 1 aliphatic rings. The van der Waals surface area contributed by atoms with E-state index in [1.54, 1.807) is 0 Å². The second-order valence-corrected chi connectivity index (χ2v) is 13.6. The molecule has 1 nitrogen and oxygen atoms in total. The molecule has 10 aromatic rings. The summed E-state index contributed by atoms with van der Waals surface area (Å²) in [4.78, 5) is 4.94. The lowest BCUT2D eigenvalue weighted by molar-refractivity contribution is 1.41. The van der Waals surface area contributed by atoms with Crippen molar-refractivity contribution in [2.75, 3.05) is 0 Å². The van der Waals surface area contributed by atoms with E-state index in [9.17, 15) is 0 Å². The summed E-state index contributed by atoms with van der Waals surface area (Å²) in [5, 5.41) is 11.4. The second-order valence-electron chi connectivity index (χ2n) is 13.6. The minimum absolute atomic E-state index is 0.998. The lowest BCUT2D eigenvalue weighted by atomic mass is 9.89. The highest BCUT2D eigenvalue weighted by Crippen LogP contribution is 2.52. The van der Waals surface area contributed by atoms with Gasteiger partial charge in [-0.1, -0.05) is 121 Å². The zero-order valence-electron chi connectivity index (χ0n) is 27.2. The van der Waals surface area contributed by atoms with Crippen LogP contribution in [0.4, 0.5) is 0 Å². The Bertz CT molecular complexity index is 3040. The zero-order valence-corrected chi connectivity index (χ0v) is 27.2. The van der Waals surface area contributed by atoms with Crippen molar-refractivity contribution < 1.29 is 0 Å². The van der Waals surface area contributed by atoms with Gasteiger partial charge in [-0.3, -0.25) is 4.98 Å². The fourth-order valence-corrected chi connectivity index (χ4v) is 8.31. The van der Waals surface area contributed by atoms with Crippen LogP contribution in [0.5, 0.6) is 0 Å². The predicted molar refractivity (Wildman–Crippen MR) is 213 cm³/mol. The molecule has 0 unspecified atom stereocenters. The number of rotatable bonds is 3. The van der Waals surface area contributed by atoms with Gasteiger partial charge in [-0.15, -0.1) is 0 Å². The maximum Gasteiger partial charge on any atom is 0.0702 e. The number of hydrogen-bond donors (Lipinski definition) is 0. The Kier molecular flexibility index (Phi) is 5.73. The maximum atomic E-state index is 4.94. The number of fused-ring (bicyclic) bond motifs is 8. The SMILES string of the molecule is c1cc(-c2ccc3ccccc3c2)cc(-c2cnc3ccc(-c4ccc5c6c(cc7ccccc7c46)-c4cc6ccccc6cc4-5)cc3c2)c1. The lowest BCUT2D eigenvalue weighted by Crippen LogP contribution is -1.88. The molecule has 0 radical (unpaired) electrons. The minimum Gasteiger partial charge on any atom is -0.256 e. The van der Waals surface area contributed by atoms with Crippen LogP contribution in [-0.2, 0) is 0 Å². The molecule has 230 valence electrons. The van der Waals surface area contributed by atoms with Gasteiger partial charge in [0.15, 0.2) is 0 Å². The summed E-state index contributed by atoms with van der Waals surface area (Å²) in [6.07, 6.45) is 2.01. The van der Waals surface area contributed by atoms with Crippen molar-refractivity contribution >= 4 is 54.0 Å². The van der Waals surface area contributed by atoms with Crippen molar-refractivity contribution in [2.24, 2.45) is 0 Å². The van der Waals surface area contributed by atoms with Crippen LogP contribution in [-0.4, -0.2) is 4.98 Å². The molecule has 1 aromatic heterocycles. The van der Waals surface area contributed by atoms with Crippen LogP contribution in [0.3, 0.4) is 0 Å². The molecule has 1 aliphatic carbocycles. The molecule has 1 heterocycles. The standard InChI is InChI=1S/C49H29N/c1-2-9-31-22-36(17-16-30(31)8-1)32-13-7-14-33(23-32)40-25-39-24-38(18-21-47(39)50-29-40)42-19-20-43-44-26-34-10-3-4-11-35(34)27-45(44)46-28-37-12-5-6-15-41(37)48(42)49(43)46/h1-29H. The summed E-state index contributed by atoms with van der Waals surface area (Å²) in [5.74, 6) is 0. The highest BCUT2D eigenvalue weighted by molar-refractivity contribution is 6.28. The van der Waals surface area contributed by atoms with E-state index in [1.807, 2.05) is 6.20 Å². The number of pyridine rings is 1. The molecule has 0 fully saturated rings. The third-order valence-corrected chi connectivity index (χ3v) is 10.7. The fourth-order valence-electron chi connectivity index (χ4n) is 8.31. The van der Waals surface area contributed by atoms with Gasteiger partial charge in [0.25, 0.3) is 0 Å². The Morgan fingerprint density at radius 2 is 0.860 bits per heavy atom. The van der Waals surface area contributed by atoms with Crippen molar-refractivity contribution in [2.45, 2.75) is 0 Å². The molecular weight excluding hydrogens is 603 g/mol. The van der Waals surface area contributed by atoms with Crippen LogP contribution in [0, 0.1) is 0 Å². The van der Waals surface area contributed by atoms with Crippen LogP contribution in [0.15, 0.2) is 176 Å². The summed E-state index contributed by atoms with van der Waals surface area (Å²) < 4.78 is 0. The molecule has 1 heteroatoms. The van der Waals surface area contributed by atoms with E-state index in [1.165, 1.54) is 87.6 Å². The van der Waals surface area contributed by atoms with E-state index in [-0.39, 0.29) is 0 Å². The predicted octanol–water partition coefficient (Wildman–Crippen LogP) is 13.5. The van der Waals surface area contributed by atoms with Crippen LogP contribution in [0.1, 0.15) is 0 Å². The fraction of sp³-hybridized carbons (Fsp3) is 0. The number of hydrogen-bond acceptors (Lipinski definition) is 1. The maximum absolute atomic E-state index is 4.94. The van der Waals surface area contributed by atoms with Crippen molar-refractivity contribution in [3.63, 3.8) is 0 Å². The first kappa shape index (κ1) is 27.4. The van der Waals surface area contributed by atoms with Crippen molar-refractivity contribution in [3.8, 4) is 55.6 Å². The van der Waals surface area contributed by atoms with Crippen molar-refractivity contribution in [1.82, 2.24) is 4.98 Å². The molecule has 9 aromatic carbocycles. The topological polar surface area (TPSA) is 12.9 Å². The molecule has 0 amide bonds. The van der Waals surface area contributed by atoms with E-state index < -0.39 is 0 Å². The van der Waals surface area contributed by atoms with Gasteiger partial charge < -0.3 is 0 Å². The van der Waals surface area contributed by atoms with Gasteiger partial charge in [0.1, 0.15) is 0 Å². The average molecular weight is 632 g/mol. The van der Waals surface area contributed by atoms with Crippen molar-refractivity contribution in [1.29, 1.82) is 0 Å². The Balaban J connectivity index is 1.07. The van der Waals surface area contributed by atoms with Crippen molar-refractivity contribution in [3.05, 3.63) is 176 Å². The monoisotopic (exact) mass is 631 g/mol. The Morgan fingerprint density at radius 3 is 1.68 bits per heavy atom. The summed E-state index contributed by atoms with van der Waals surface area (Å²) in [6.45, 7) is 0. The van der Waals surface area contributed by atoms with Gasteiger partial charge in [-0.25, -0.2) is 0 Å². The van der Waals surface area contributed by atoms with Gasteiger partial charge in [0.2, 0.25) is 0 Å². The minimum atomic E-state index is 0.998. The third kappa shape index (κ3) is 4.11. The Morgan fingerprint density at radius 1 is 0.280 bits per heavy atom. The molecule has 11 rings (SSSR count). The number of aromatic nitrogens is 1. The molecule has 0 atom stereocenters. The summed E-state index contributed by atoms with van der Waals surface area (Å²) in [6, 6.07) is 62.5. The zero-order chi connectivity index (χ0) is 32.8. The third-order valence-electron chi connectivity index (χ3n) is 10.7. The van der Waals surface area contributed by atoms with Gasteiger partial charge in [-0.2, -0.15) is 0 Å². The summed E-state index contributed by atoms with van der Waals surface area (Å²) in [5.41, 5.74) is 13.5. The van der Waals surface area contributed by atoms with Crippen LogP contribution in [0.2, 0.25) is 0 Å². The largest absolute Gasteiger partial charge is 0.256 e. The lowest BCUT2D eigenvalue weighted by Gasteiger charge is -2.14. The Labute approximate surface area is 289 Å². The first-order valence-electron chi connectivity index (χ1n) is 17.3. The average Bonchev–Trinajstić information content (AvgIpc) is 3.49. The van der Waals surface area contributed by atoms with Gasteiger partial charge in [-0.05, 0) is 142 Å². The van der Waals surface area contributed by atoms with Gasteiger partial charge >= 0.3 is 0 Å². The summed E-state index contributed by atoms with van der Waals surface area (Å²) >= 11 is 0. The van der Waals surface area contributed by atoms with Gasteiger partial charge in [0, 0.05) is 17.1 Å².